The minimum atomic E-state index is -0.238. The molecule has 1 aliphatic rings. The zero-order valence-corrected chi connectivity index (χ0v) is 14.8. The Labute approximate surface area is 137 Å². The molecule has 0 aromatic heterocycles. The van der Waals surface area contributed by atoms with E-state index >= 15 is 0 Å². The summed E-state index contributed by atoms with van der Waals surface area (Å²) >= 11 is 1.72. The van der Waals surface area contributed by atoms with Gasteiger partial charge in [-0.25, -0.2) is 4.39 Å². The zero-order chi connectivity index (χ0) is 16.3. The molecule has 2 rings (SSSR count). The Bertz CT molecular complexity index is 526. The van der Waals surface area contributed by atoms with Gasteiger partial charge in [-0.2, -0.15) is 0 Å². The topological polar surface area (TPSA) is 20.3 Å². The lowest BCUT2D eigenvalue weighted by Gasteiger charge is -2.27. The molecule has 1 aromatic rings. The van der Waals surface area contributed by atoms with Crippen LogP contribution in [0.2, 0.25) is 0 Å². The fourth-order valence-electron chi connectivity index (χ4n) is 3.19. The number of benzene rings is 1. The van der Waals surface area contributed by atoms with Crippen molar-refractivity contribution < 1.29 is 9.18 Å². The first-order valence-corrected chi connectivity index (χ1v) is 8.98. The highest BCUT2D eigenvalue weighted by Crippen LogP contribution is 2.39. The second-order valence-electron chi connectivity index (χ2n) is 7.44. The first-order chi connectivity index (χ1) is 10.3. The quantitative estimate of drug-likeness (QED) is 0.788. The summed E-state index contributed by atoms with van der Waals surface area (Å²) in [5, 5.41) is -0.0370. The van der Waals surface area contributed by atoms with Crippen LogP contribution in [0.4, 0.5) is 4.39 Å². The zero-order valence-electron chi connectivity index (χ0n) is 13.9. The second-order valence-corrected chi connectivity index (χ2v) is 8.63. The van der Waals surface area contributed by atoms with Crippen molar-refractivity contribution >= 4 is 17.7 Å². The number of thioether (sulfide) groups is 1. The van der Waals surface area contributed by atoms with Crippen LogP contribution in [0.3, 0.4) is 0 Å². The number of carbonyl (C=O) groups excluding carboxylic acids is 1. The van der Waals surface area contributed by atoms with Gasteiger partial charge in [0, 0.05) is 18.7 Å². The average molecular weight is 323 g/mol. The number of carbonyl (C=O) groups is 1. The van der Waals surface area contributed by atoms with Crippen LogP contribution >= 0.6 is 11.8 Å². The maximum atomic E-state index is 13.4. The highest BCUT2D eigenvalue weighted by atomic mass is 32.2. The summed E-state index contributed by atoms with van der Waals surface area (Å²) in [5.74, 6) is 1.24. The van der Waals surface area contributed by atoms with Crippen LogP contribution in [0, 0.1) is 17.2 Å². The van der Waals surface area contributed by atoms with Crippen molar-refractivity contribution in [3.05, 3.63) is 35.6 Å². The monoisotopic (exact) mass is 323 g/mol. The van der Waals surface area contributed by atoms with Crippen LogP contribution < -0.4 is 0 Å². The molecule has 122 valence electrons. The van der Waals surface area contributed by atoms with Gasteiger partial charge in [0.05, 0.1) is 0 Å². The first-order valence-electron chi connectivity index (χ1n) is 7.93. The van der Waals surface area contributed by atoms with Crippen LogP contribution in [0.15, 0.2) is 24.3 Å². The predicted octanol–water partition coefficient (Wildman–Crippen LogP) is 4.86. The second kappa shape index (κ2) is 7.03. The fraction of sp³-hybridized carbons (Fsp3) is 0.611. The van der Waals surface area contributed by atoms with Gasteiger partial charge >= 0.3 is 0 Å². The molecule has 1 heterocycles. The molecule has 0 N–H and O–H groups in total. The van der Waals surface area contributed by atoms with Crippen molar-refractivity contribution in [1.82, 2.24) is 4.90 Å². The Morgan fingerprint density at radius 2 is 2.18 bits per heavy atom. The third-order valence-corrected chi connectivity index (χ3v) is 5.09. The number of halogens is 1. The van der Waals surface area contributed by atoms with E-state index in [2.05, 4.69) is 27.7 Å². The van der Waals surface area contributed by atoms with Gasteiger partial charge in [-0.15, -0.1) is 11.8 Å². The number of hydrogen-bond donors (Lipinski definition) is 0. The lowest BCUT2D eigenvalue weighted by Crippen LogP contribution is -2.32. The van der Waals surface area contributed by atoms with E-state index in [0.717, 1.165) is 24.3 Å². The molecule has 1 amide bonds. The molecule has 0 bridgehead atoms. The van der Waals surface area contributed by atoms with Gasteiger partial charge in [0.1, 0.15) is 11.2 Å². The Hall–Kier alpha value is -1.03. The van der Waals surface area contributed by atoms with Crippen molar-refractivity contribution in [1.29, 1.82) is 0 Å². The third-order valence-electron chi connectivity index (χ3n) is 3.83. The van der Waals surface area contributed by atoms with E-state index < -0.39 is 0 Å². The lowest BCUT2D eigenvalue weighted by atomic mass is 9.84. The summed E-state index contributed by atoms with van der Waals surface area (Å²) in [4.78, 5) is 14.5. The van der Waals surface area contributed by atoms with Crippen LogP contribution in [0.1, 0.15) is 51.5 Å². The smallest absolute Gasteiger partial charge is 0.224 e. The summed E-state index contributed by atoms with van der Waals surface area (Å²) in [6.45, 7) is 9.51. The maximum absolute atomic E-state index is 13.4. The molecule has 0 saturated carbocycles. The molecule has 1 fully saturated rings. The van der Waals surface area contributed by atoms with E-state index in [-0.39, 0.29) is 22.5 Å². The van der Waals surface area contributed by atoms with E-state index in [1.807, 2.05) is 11.0 Å². The van der Waals surface area contributed by atoms with Gasteiger partial charge in [0.25, 0.3) is 0 Å². The molecule has 2 unspecified atom stereocenters. The van der Waals surface area contributed by atoms with Gasteiger partial charge in [0.2, 0.25) is 5.91 Å². The summed E-state index contributed by atoms with van der Waals surface area (Å²) in [6, 6.07) is 6.61. The van der Waals surface area contributed by atoms with Crippen molar-refractivity contribution in [2.24, 2.45) is 11.3 Å². The van der Waals surface area contributed by atoms with E-state index in [4.69, 9.17) is 0 Å². The Balaban J connectivity index is 2.02. The van der Waals surface area contributed by atoms with Crippen molar-refractivity contribution in [3.63, 3.8) is 0 Å². The lowest BCUT2D eigenvalue weighted by molar-refractivity contribution is -0.132. The largest absolute Gasteiger partial charge is 0.326 e. The Kier molecular flexibility index (Phi) is 5.54. The van der Waals surface area contributed by atoms with Gasteiger partial charge in [-0.05, 0) is 35.4 Å². The summed E-state index contributed by atoms with van der Waals surface area (Å²) in [6.07, 6.45) is 1.61. The molecule has 1 aliphatic heterocycles. The summed E-state index contributed by atoms with van der Waals surface area (Å²) in [5.41, 5.74) is 1.13. The first kappa shape index (κ1) is 17.3. The number of amides is 1. The van der Waals surface area contributed by atoms with Crippen LogP contribution in [-0.2, 0) is 4.79 Å². The molecule has 0 spiro atoms. The van der Waals surface area contributed by atoms with E-state index in [0.29, 0.717) is 12.3 Å². The average Bonchev–Trinajstić information content (AvgIpc) is 2.85. The van der Waals surface area contributed by atoms with Gasteiger partial charge in [-0.3, -0.25) is 4.79 Å². The molecule has 22 heavy (non-hydrogen) atoms. The molecule has 4 heteroatoms. The molecule has 2 atom stereocenters. The van der Waals surface area contributed by atoms with Crippen LogP contribution in [-0.4, -0.2) is 23.1 Å². The molecule has 0 radical (unpaired) electrons. The van der Waals surface area contributed by atoms with E-state index in [1.54, 1.807) is 23.9 Å². The summed E-state index contributed by atoms with van der Waals surface area (Å²) in [7, 11) is 0. The minimum Gasteiger partial charge on any atom is -0.326 e. The van der Waals surface area contributed by atoms with Crippen molar-refractivity contribution in [2.75, 3.05) is 12.3 Å². The van der Waals surface area contributed by atoms with Gasteiger partial charge in [-0.1, -0.05) is 39.8 Å². The highest BCUT2D eigenvalue weighted by molar-refractivity contribution is 7.99. The predicted molar refractivity (Wildman–Crippen MR) is 91.2 cm³/mol. The van der Waals surface area contributed by atoms with E-state index in [1.165, 1.54) is 6.07 Å². The Morgan fingerprint density at radius 1 is 1.45 bits per heavy atom. The standard InChI is InChI=1S/C18H26FNOS/c1-13(12-18(2,3)4)10-16(21)20-8-9-22-17(20)14-6-5-7-15(19)11-14/h5-7,11,13,17H,8-10,12H2,1-4H3. The SMILES string of the molecule is CC(CC(=O)N1CCSC1c1cccc(F)c1)CC(C)(C)C. The third kappa shape index (κ3) is 4.73. The Morgan fingerprint density at radius 3 is 2.82 bits per heavy atom. The molecule has 2 nitrogen and oxygen atoms in total. The highest BCUT2D eigenvalue weighted by Gasteiger charge is 2.31. The molecule has 1 aromatic carbocycles. The van der Waals surface area contributed by atoms with Crippen LogP contribution in [0.25, 0.3) is 0 Å². The maximum Gasteiger partial charge on any atom is 0.224 e. The van der Waals surface area contributed by atoms with E-state index in [9.17, 15) is 9.18 Å². The fourth-order valence-corrected chi connectivity index (χ4v) is 4.46. The van der Waals surface area contributed by atoms with Gasteiger partial charge in [0.15, 0.2) is 0 Å². The molecular formula is C18H26FNOS. The molecular weight excluding hydrogens is 297 g/mol. The summed E-state index contributed by atoms with van der Waals surface area (Å²) < 4.78 is 13.4. The molecule has 1 saturated heterocycles. The normalized spacial score (nSPS) is 20.2. The number of nitrogens with zero attached hydrogens (tertiary/aromatic N) is 1. The van der Waals surface area contributed by atoms with Gasteiger partial charge < -0.3 is 4.90 Å². The molecule has 0 aliphatic carbocycles. The number of rotatable bonds is 4. The number of hydrogen-bond acceptors (Lipinski definition) is 2. The van der Waals surface area contributed by atoms with Crippen molar-refractivity contribution in [3.8, 4) is 0 Å². The van der Waals surface area contributed by atoms with Crippen molar-refractivity contribution in [2.45, 2.75) is 45.9 Å². The van der Waals surface area contributed by atoms with Crippen LogP contribution in [0.5, 0.6) is 0 Å². The minimum absolute atomic E-state index is 0.0370.